The molecule has 0 aliphatic heterocycles. The van der Waals surface area contributed by atoms with Gasteiger partial charge in [-0.3, -0.25) is 14.4 Å². The Balaban J connectivity index is 1.76. The molecule has 4 rings (SSSR count). The van der Waals surface area contributed by atoms with Gasteiger partial charge >= 0.3 is 0 Å². The number of allylic oxidation sites excluding steroid dienone is 4. The summed E-state index contributed by atoms with van der Waals surface area (Å²) >= 11 is 0. The normalized spacial score (nSPS) is 49.7. The van der Waals surface area contributed by atoms with E-state index < -0.39 is 22.9 Å². The summed E-state index contributed by atoms with van der Waals surface area (Å²) in [5.41, 5.74) is -1.77. The van der Waals surface area contributed by atoms with Gasteiger partial charge in [-0.2, -0.15) is 0 Å². The molecule has 2 N–H and O–H groups in total. The van der Waals surface area contributed by atoms with Gasteiger partial charge in [-0.15, -0.1) is 0 Å². The summed E-state index contributed by atoms with van der Waals surface area (Å²) in [7, 11) is 0. The fourth-order valence-corrected chi connectivity index (χ4v) is 6.83. The minimum atomic E-state index is -1.68. The third kappa shape index (κ3) is 2.01. The van der Waals surface area contributed by atoms with E-state index in [1.807, 2.05) is 13.0 Å². The molecule has 3 saturated carbocycles. The van der Waals surface area contributed by atoms with Crippen LogP contribution in [-0.2, 0) is 14.4 Å². The SMILES string of the molecule is CC12C=CC(=O)C=C1CCC1C2C(O)CC2(C)C1CCC2(O)C(=O)C=O. The van der Waals surface area contributed by atoms with Crippen molar-refractivity contribution >= 4 is 17.9 Å². The quantitative estimate of drug-likeness (QED) is 0.580. The highest BCUT2D eigenvalue weighted by molar-refractivity contribution is 6.29. The van der Waals surface area contributed by atoms with Crippen molar-refractivity contribution in [1.29, 1.82) is 0 Å². The zero-order chi connectivity index (χ0) is 18.9. The smallest absolute Gasteiger partial charge is 0.227 e. The first-order chi connectivity index (χ1) is 12.2. The molecule has 0 heterocycles. The maximum absolute atomic E-state index is 12.2. The third-order valence-corrected chi connectivity index (χ3v) is 8.16. The zero-order valence-corrected chi connectivity index (χ0v) is 15.3. The van der Waals surface area contributed by atoms with E-state index in [4.69, 9.17) is 0 Å². The minimum absolute atomic E-state index is 0.00196. The monoisotopic (exact) mass is 358 g/mol. The molecule has 0 aromatic rings. The molecule has 7 unspecified atom stereocenters. The first-order valence-corrected chi connectivity index (χ1v) is 9.52. The lowest BCUT2D eigenvalue weighted by Gasteiger charge is -2.59. The number of aliphatic hydroxyl groups is 2. The summed E-state index contributed by atoms with van der Waals surface area (Å²) in [6, 6.07) is 0. The molecular weight excluding hydrogens is 332 g/mol. The largest absolute Gasteiger partial charge is 0.393 e. The fourth-order valence-electron chi connectivity index (χ4n) is 6.83. The maximum Gasteiger partial charge on any atom is 0.227 e. The van der Waals surface area contributed by atoms with Crippen molar-refractivity contribution in [2.45, 2.75) is 57.7 Å². The second-order valence-corrected chi connectivity index (χ2v) is 9.09. The Kier molecular flexibility index (Phi) is 3.74. The number of hydrogen-bond acceptors (Lipinski definition) is 5. The van der Waals surface area contributed by atoms with Crippen LogP contribution < -0.4 is 0 Å². The molecule has 140 valence electrons. The second-order valence-electron chi connectivity index (χ2n) is 9.09. The number of Topliss-reactive ketones (excluding diaryl/α,β-unsaturated/α-hetero) is 1. The van der Waals surface area contributed by atoms with E-state index in [1.54, 1.807) is 12.2 Å². The first kappa shape index (κ1) is 17.8. The number of aliphatic hydroxyl groups excluding tert-OH is 1. The summed E-state index contributed by atoms with van der Waals surface area (Å²) in [6.45, 7) is 3.95. The van der Waals surface area contributed by atoms with Gasteiger partial charge in [-0.25, -0.2) is 0 Å². The average Bonchev–Trinajstić information content (AvgIpc) is 2.86. The van der Waals surface area contributed by atoms with Gasteiger partial charge < -0.3 is 10.2 Å². The van der Waals surface area contributed by atoms with E-state index >= 15 is 0 Å². The maximum atomic E-state index is 12.2. The highest BCUT2D eigenvalue weighted by Gasteiger charge is 2.68. The molecule has 5 nitrogen and oxygen atoms in total. The van der Waals surface area contributed by atoms with Crippen molar-refractivity contribution in [3.05, 3.63) is 23.8 Å². The average molecular weight is 358 g/mol. The topological polar surface area (TPSA) is 91.7 Å². The van der Waals surface area contributed by atoms with Gasteiger partial charge in [-0.1, -0.05) is 25.5 Å². The Hall–Kier alpha value is -1.59. The fraction of sp³-hybridized carbons (Fsp3) is 0.667. The number of carbonyl (C=O) groups is 3. The number of carbonyl (C=O) groups excluding carboxylic acids is 3. The number of fused-ring (bicyclic) bond motifs is 5. The molecule has 4 aliphatic carbocycles. The first-order valence-electron chi connectivity index (χ1n) is 9.52. The minimum Gasteiger partial charge on any atom is -0.393 e. The van der Waals surface area contributed by atoms with E-state index in [1.165, 1.54) is 0 Å². The van der Waals surface area contributed by atoms with Gasteiger partial charge in [0.15, 0.2) is 12.1 Å². The number of hydrogen-bond donors (Lipinski definition) is 2. The third-order valence-electron chi connectivity index (χ3n) is 8.16. The van der Waals surface area contributed by atoms with Crippen molar-refractivity contribution in [3.8, 4) is 0 Å². The van der Waals surface area contributed by atoms with Crippen LogP contribution in [0.4, 0.5) is 0 Å². The van der Waals surface area contributed by atoms with E-state index in [0.717, 1.165) is 18.4 Å². The van der Waals surface area contributed by atoms with Crippen LogP contribution in [-0.4, -0.2) is 39.8 Å². The van der Waals surface area contributed by atoms with Gasteiger partial charge in [-0.05, 0) is 56.1 Å². The summed E-state index contributed by atoms with van der Waals surface area (Å²) < 4.78 is 0. The van der Waals surface area contributed by atoms with Crippen LogP contribution in [0.15, 0.2) is 23.8 Å². The molecule has 5 heteroatoms. The summed E-state index contributed by atoms with van der Waals surface area (Å²) in [6.07, 6.45) is 7.62. The Labute approximate surface area is 153 Å². The molecular formula is C21H26O5. The lowest BCUT2D eigenvalue weighted by atomic mass is 9.46. The predicted molar refractivity (Wildman–Crippen MR) is 94.0 cm³/mol. The Bertz CT molecular complexity index is 752. The molecule has 0 bridgehead atoms. The van der Waals surface area contributed by atoms with Crippen LogP contribution in [0.5, 0.6) is 0 Å². The second kappa shape index (κ2) is 5.46. The number of ketones is 2. The summed E-state index contributed by atoms with van der Waals surface area (Å²) in [5.74, 6) is -0.582. The standard InChI is InChI=1S/C21H26O5/c1-19-7-5-13(23)9-12(19)3-4-14-15-6-8-21(26,17(25)11-22)20(15,2)10-16(24)18(14)19/h5,7,9,11,14-16,18,24,26H,3-4,6,8,10H2,1-2H3. The van der Waals surface area contributed by atoms with Gasteiger partial charge in [0.2, 0.25) is 5.78 Å². The van der Waals surface area contributed by atoms with Crippen molar-refractivity contribution in [2.75, 3.05) is 0 Å². The van der Waals surface area contributed by atoms with Crippen LogP contribution in [0.2, 0.25) is 0 Å². The predicted octanol–water partition coefficient (Wildman–Crippen LogP) is 1.76. The van der Waals surface area contributed by atoms with E-state index in [-0.39, 0.29) is 41.7 Å². The van der Waals surface area contributed by atoms with E-state index in [0.29, 0.717) is 12.8 Å². The Morgan fingerprint density at radius 2 is 2.04 bits per heavy atom. The summed E-state index contributed by atoms with van der Waals surface area (Å²) in [5, 5.41) is 22.2. The van der Waals surface area contributed by atoms with Crippen molar-refractivity contribution in [3.63, 3.8) is 0 Å². The van der Waals surface area contributed by atoms with Gasteiger partial charge in [0, 0.05) is 16.7 Å². The highest BCUT2D eigenvalue weighted by atomic mass is 16.3. The Morgan fingerprint density at radius 1 is 1.31 bits per heavy atom. The highest BCUT2D eigenvalue weighted by Crippen LogP contribution is 2.66. The van der Waals surface area contributed by atoms with Crippen molar-refractivity contribution in [1.82, 2.24) is 0 Å². The van der Waals surface area contributed by atoms with Crippen LogP contribution in [0.1, 0.15) is 46.0 Å². The van der Waals surface area contributed by atoms with E-state index in [9.17, 15) is 24.6 Å². The van der Waals surface area contributed by atoms with Crippen LogP contribution >= 0.6 is 0 Å². The molecule has 3 fully saturated rings. The lowest BCUT2D eigenvalue weighted by Crippen LogP contribution is -2.61. The van der Waals surface area contributed by atoms with Crippen molar-refractivity contribution in [2.24, 2.45) is 28.6 Å². The van der Waals surface area contributed by atoms with Crippen LogP contribution in [0.3, 0.4) is 0 Å². The van der Waals surface area contributed by atoms with Gasteiger partial charge in [0.05, 0.1) is 6.10 Å². The molecule has 4 aliphatic rings. The zero-order valence-electron chi connectivity index (χ0n) is 15.3. The molecule has 0 saturated heterocycles. The molecule has 0 aromatic heterocycles. The molecule has 7 atom stereocenters. The molecule has 0 aromatic carbocycles. The molecule has 0 radical (unpaired) electrons. The lowest BCUT2D eigenvalue weighted by molar-refractivity contribution is -0.176. The number of rotatable bonds is 2. The van der Waals surface area contributed by atoms with Crippen LogP contribution in [0, 0.1) is 28.6 Å². The van der Waals surface area contributed by atoms with Crippen molar-refractivity contribution < 1.29 is 24.6 Å². The molecule has 0 spiro atoms. The van der Waals surface area contributed by atoms with E-state index in [2.05, 4.69) is 6.92 Å². The summed E-state index contributed by atoms with van der Waals surface area (Å²) in [4.78, 5) is 35.2. The molecule has 26 heavy (non-hydrogen) atoms. The van der Waals surface area contributed by atoms with Crippen LogP contribution in [0.25, 0.3) is 0 Å². The Morgan fingerprint density at radius 3 is 2.73 bits per heavy atom. The number of aldehydes is 1. The van der Waals surface area contributed by atoms with Gasteiger partial charge in [0.1, 0.15) is 5.60 Å². The molecule has 0 amide bonds. The van der Waals surface area contributed by atoms with Gasteiger partial charge in [0.25, 0.3) is 0 Å².